The normalized spacial score (nSPS) is 11.3. The fraction of sp³-hybridized carbons (Fsp3) is 0.409. The lowest BCUT2D eigenvalue weighted by Crippen LogP contribution is -2.32. The maximum Gasteiger partial charge on any atom is 0.232 e. The van der Waals surface area contributed by atoms with Gasteiger partial charge in [0.05, 0.1) is 11.9 Å². The molecule has 0 unspecified atom stereocenters. The Morgan fingerprint density at radius 2 is 1.83 bits per heavy atom. The van der Waals surface area contributed by atoms with Crippen molar-refractivity contribution in [2.45, 2.75) is 46.1 Å². The summed E-state index contributed by atoms with van der Waals surface area (Å²) >= 11 is 5.98. The average molecular weight is 437 g/mol. The maximum atomic E-state index is 12.3. The fourth-order valence-corrected chi connectivity index (χ4v) is 4.33. The van der Waals surface area contributed by atoms with Crippen LogP contribution in [-0.4, -0.2) is 27.1 Å². The molecule has 2 aromatic carbocycles. The van der Waals surface area contributed by atoms with E-state index in [0.29, 0.717) is 23.7 Å². The third kappa shape index (κ3) is 7.05. The predicted octanol–water partition coefficient (Wildman–Crippen LogP) is 4.33. The lowest BCUT2D eigenvalue weighted by Gasteiger charge is -2.22. The molecule has 1 amide bonds. The highest BCUT2D eigenvalue weighted by Crippen LogP contribution is 2.22. The van der Waals surface area contributed by atoms with E-state index in [9.17, 15) is 13.2 Å². The molecule has 0 atom stereocenters. The highest BCUT2D eigenvalue weighted by Gasteiger charge is 2.18. The van der Waals surface area contributed by atoms with Crippen molar-refractivity contribution in [3.05, 3.63) is 64.2 Å². The highest BCUT2D eigenvalue weighted by atomic mass is 35.5. The van der Waals surface area contributed by atoms with Crippen LogP contribution in [0.25, 0.3) is 0 Å². The van der Waals surface area contributed by atoms with E-state index in [1.807, 2.05) is 0 Å². The predicted molar refractivity (Wildman–Crippen MR) is 120 cm³/mol. The Bertz CT molecular complexity index is 945. The Morgan fingerprint density at radius 1 is 1.07 bits per heavy atom. The molecule has 158 valence electrons. The van der Waals surface area contributed by atoms with Crippen LogP contribution in [0.1, 0.15) is 43.4 Å². The van der Waals surface area contributed by atoms with E-state index >= 15 is 0 Å². The van der Waals surface area contributed by atoms with E-state index < -0.39 is 10.0 Å². The Morgan fingerprint density at radius 3 is 2.45 bits per heavy atom. The Kier molecular flexibility index (Phi) is 8.53. The summed E-state index contributed by atoms with van der Waals surface area (Å²) in [5.74, 6) is -0.0894. The minimum absolute atomic E-state index is 0.0894. The van der Waals surface area contributed by atoms with Crippen molar-refractivity contribution in [1.82, 2.24) is 5.32 Å². The summed E-state index contributed by atoms with van der Waals surface area (Å²) in [6, 6.07) is 13.1. The third-order valence-corrected chi connectivity index (χ3v) is 6.23. The molecule has 0 aliphatic heterocycles. The number of benzene rings is 2. The molecule has 0 saturated heterocycles. The fourth-order valence-electron chi connectivity index (χ4n) is 3.19. The van der Waals surface area contributed by atoms with Gasteiger partial charge in [-0.1, -0.05) is 49.7 Å². The molecule has 0 radical (unpaired) electrons. The summed E-state index contributed by atoms with van der Waals surface area (Å²) in [5, 5.41) is 3.43. The molecular weight excluding hydrogens is 408 g/mol. The third-order valence-electron chi connectivity index (χ3n) is 4.80. The van der Waals surface area contributed by atoms with Crippen molar-refractivity contribution < 1.29 is 13.2 Å². The van der Waals surface area contributed by atoms with Gasteiger partial charge in [0.1, 0.15) is 0 Å². The minimum Gasteiger partial charge on any atom is -0.352 e. The SMILES string of the molecule is CCc1ccc(CC)c(CNC(=O)CCCN(c2cccc(Cl)c2)S(C)(=O)=O)c1. The molecule has 0 bridgehead atoms. The van der Waals surface area contributed by atoms with Crippen LogP contribution in [0.4, 0.5) is 5.69 Å². The number of nitrogens with zero attached hydrogens (tertiary/aromatic N) is 1. The van der Waals surface area contributed by atoms with Crippen LogP contribution in [0.2, 0.25) is 5.02 Å². The molecule has 1 N–H and O–H groups in total. The zero-order valence-electron chi connectivity index (χ0n) is 17.2. The maximum absolute atomic E-state index is 12.3. The number of carbonyl (C=O) groups is 1. The van der Waals surface area contributed by atoms with Crippen LogP contribution in [0.15, 0.2) is 42.5 Å². The monoisotopic (exact) mass is 436 g/mol. The molecule has 29 heavy (non-hydrogen) atoms. The van der Waals surface area contributed by atoms with Crippen molar-refractivity contribution in [2.24, 2.45) is 0 Å². The minimum atomic E-state index is -3.46. The lowest BCUT2D eigenvalue weighted by molar-refractivity contribution is -0.121. The van der Waals surface area contributed by atoms with Gasteiger partial charge in [-0.05, 0) is 54.2 Å². The van der Waals surface area contributed by atoms with E-state index in [1.165, 1.54) is 15.4 Å². The Labute approximate surface area is 179 Å². The second kappa shape index (κ2) is 10.6. The molecule has 5 nitrogen and oxygen atoms in total. The number of carbonyl (C=O) groups excluding carboxylic acids is 1. The van der Waals surface area contributed by atoms with Crippen molar-refractivity contribution in [3.63, 3.8) is 0 Å². The van der Waals surface area contributed by atoms with Gasteiger partial charge in [-0.25, -0.2) is 8.42 Å². The molecule has 7 heteroatoms. The van der Waals surface area contributed by atoms with Crippen LogP contribution in [0, 0.1) is 0 Å². The van der Waals surface area contributed by atoms with Gasteiger partial charge < -0.3 is 5.32 Å². The van der Waals surface area contributed by atoms with Crippen molar-refractivity contribution in [1.29, 1.82) is 0 Å². The topological polar surface area (TPSA) is 66.5 Å². The summed E-state index contributed by atoms with van der Waals surface area (Å²) in [7, 11) is -3.46. The largest absolute Gasteiger partial charge is 0.352 e. The van der Waals surface area contributed by atoms with E-state index in [4.69, 9.17) is 11.6 Å². The van der Waals surface area contributed by atoms with E-state index in [0.717, 1.165) is 24.7 Å². The second-order valence-electron chi connectivity index (χ2n) is 7.01. The number of aryl methyl sites for hydroxylation is 2. The van der Waals surface area contributed by atoms with Crippen LogP contribution in [0.5, 0.6) is 0 Å². The average Bonchev–Trinajstić information content (AvgIpc) is 2.68. The Balaban J connectivity index is 1.93. The number of halogens is 1. The molecule has 0 fully saturated rings. The summed E-state index contributed by atoms with van der Waals surface area (Å²) < 4.78 is 25.6. The van der Waals surface area contributed by atoms with Crippen molar-refractivity contribution in [2.75, 3.05) is 17.1 Å². The number of amides is 1. The quantitative estimate of drug-likeness (QED) is 0.602. The molecule has 0 spiro atoms. The number of nitrogens with one attached hydrogen (secondary N) is 1. The molecule has 0 saturated carbocycles. The van der Waals surface area contributed by atoms with Crippen LogP contribution < -0.4 is 9.62 Å². The molecule has 0 aromatic heterocycles. The van der Waals surface area contributed by atoms with Gasteiger partial charge >= 0.3 is 0 Å². The number of hydrogen-bond donors (Lipinski definition) is 1. The van der Waals surface area contributed by atoms with Crippen molar-refractivity contribution in [3.8, 4) is 0 Å². The van der Waals surface area contributed by atoms with E-state index in [2.05, 4.69) is 37.4 Å². The molecule has 0 aliphatic rings. The van der Waals surface area contributed by atoms with Crippen LogP contribution >= 0.6 is 11.6 Å². The summed E-state index contributed by atoms with van der Waals surface area (Å²) in [6.07, 6.45) is 3.69. The zero-order valence-corrected chi connectivity index (χ0v) is 18.8. The first-order valence-corrected chi connectivity index (χ1v) is 12.1. The van der Waals surface area contributed by atoms with Gasteiger partial charge in [0.25, 0.3) is 0 Å². The molecule has 0 aliphatic carbocycles. The molecular formula is C22H29ClN2O3S. The van der Waals surface area contributed by atoms with E-state index in [-0.39, 0.29) is 18.9 Å². The van der Waals surface area contributed by atoms with Gasteiger partial charge in [0, 0.05) is 24.5 Å². The zero-order chi connectivity index (χ0) is 21.4. The number of hydrogen-bond acceptors (Lipinski definition) is 3. The number of rotatable bonds is 10. The molecule has 0 heterocycles. The summed E-state index contributed by atoms with van der Waals surface area (Å²) in [4.78, 5) is 12.3. The van der Waals surface area contributed by atoms with Gasteiger partial charge in [-0.3, -0.25) is 9.10 Å². The molecule has 2 aromatic rings. The molecule has 2 rings (SSSR count). The smallest absolute Gasteiger partial charge is 0.232 e. The van der Waals surface area contributed by atoms with Gasteiger partial charge in [-0.15, -0.1) is 0 Å². The van der Waals surface area contributed by atoms with Crippen LogP contribution in [0.3, 0.4) is 0 Å². The van der Waals surface area contributed by atoms with E-state index in [1.54, 1.807) is 24.3 Å². The standard InChI is InChI=1S/C22H29ClN2O3S/c1-4-17-11-12-18(5-2)19(14-17)16-24-22(26)10-7-13-25(29(3,27)28)21-9-6-8-20(23)15-21/h6,8-9,11-12,14-15H,4-5,7,10,13,16H2,1-3H3,(H,24,26). The van der Waals surface area contributed by atoms with Gasteiger partial charge in [0.15, 0.2) is 0 Å². The first-order valence-electron chi connectivity index (χ1n) is 9.85. The Hall–Kier alpha value is -2.05. The van der Waals surface area contributed by atoms with Gasteiger partial charge in [0.2, 0.25) is 15.9 Å². The second-order valence-corrected chi connectivity index (χ2v) is 9.35. The first kappa shape index (κ1) is 23.2. The lowest BCUT2D eigenvalue weighted by atomic mass is 10.0. The first-order chi connectivity index (χ1) is 13.7. The van der Waals surface area contributed by atoms with Gasteiger partial charge in [-0.2, -0.15) is 0 Å². The summed E-state index contributed by atoms with van der Waals surface area (Å²) in [6.45, 7) is 4.91. The highest BCUT2D eigenvalue weighted by molar-refractivity contribution is 7.92. The van der Waals surface area contributed by atoms with Crippen molar-refractivity contribution >= 4 is 33.2 Å². The summed E-state index contributed by atoms with van der Waals surface area (Å²) in [5.41, 5.74) is 4.12. The van der Waals surface area contributed by atoms with Crippen LogP contribution in [-0.2, 0) is 34.2 Å². The number of anilines is 1. The number of sulfonamides is 1.